The number of hydrogen-bond acceptors (Lipinski definition) is 24. The molecule has 4 amide bonds. The number of aromatic nitrogens is 6. The van der Waals surface area contributed by atoms with Gasteiger partial charge in [-0.1, -0.05) is 113 Å². The molecule has 4 fully saturated rings. The summed E-state index contributed by atoms with van der Waals surface area (Å²) in [5, 5.41) is 47.7. The van der Waals surface area contributed by atoms with Crippen LogP contribution in [0.3, 0.4) is 0 Å². The number of phenolic OH excluding ortho intramolecular Hbond substituents is 3. The minimum atomic E-state index is -0.654. The van der Waals surface area contributed by atoms with Crippen molar-refractivity contribution in [1.29, 1.82) is 0 Å². The molecule has 2 unspecified atom stereocenters. The first-order chi connectivity index (χ1) is 56.9. The maximum atomic E-state index is 13.1. The van der Waals surface area contributed by atoms with Gasteiger partial charge < -0.3 is 83.6 Å². The molecule has 0 radical (unpaired) electrons. The van der Waals surface area contributed by atoms with E-state index in [0.29, 0.717) is 142 Å². The summed E-state index contributed by atoms with van der Waals surface area (Å²) < 4.78 is 18.0. The fraction of sp³-hybridized carbons (Fsp3) is 0.416. The topological polar surface area (TPSA) is 290 Å². The number of likely N-dealkylation sites (tertiary alicyclic amines) is 1. The van der Waals surface area contributed by atoms with Crippen molar-refractivity contribution in [2.75, 3.05) is 175 Å². The highest BCUT2D eigenvalue weighted by molar-refractivity contribution is 5.98. The second-order valence-corrected chi connectivity index (χ2v) is 30.8. The zero-order chi connectivity index (χ0) is 81.8. The summed E-state index contributed by atoms with van der Waals surface area (Å²) >= 11 is 0. The number of anilines is 6. The molecule has 28 heteroatoms. The number of hydrogen-bond donors (Lipinski definition) is 4. The summed E-state index contributed by atoms with van der Waals surface area (Å²) in [7, 11) is 3.39. The number of aliphatic hydroxyl groups is 1. The quantitative estimate of drug-likeness (QED) is 0.0487. The molecule has 10 heterocycles. The van der Waals surface area contributed by atoms with Crippen LogP contribution in [0.2, 0.25) is 0 Å². The lowest BCUT2D eigenvalue weighted by Gasteiger charge is -2.42. The van der Waals surface area contributed by atoms with E-state index in [9.17, 15) is 39.6 Å². The molecule has 0 saturated carbocycles. The number of amides is 4. The van der Waals surface area contributed by atoms with Crippen LogP contribution in [0.4, 0.5) is 34.5 Å². The molecule has 614 valence electrons. The lowest BCUT2D eigenvalue weighted by Crippen LogP contribution is -2.60. The van der Waals surface area contributed by atoms with Gasteiger partial charge in [0.2, 0.25) is 23.6 Å². The number of fused-ring (bicyclic) bond motifs is 6. The zero-order valence-corrected chi connectivity index (χ0v) is 67.6. The second kappa shape index (κ2) is 37.3. The number of aliphatic hydroxyl groups excluding tert-OH is 1. The van der Waals surface area contributed by atoms with Crippen LogP contribution >= 0.6 is 0 Å². The summed E-state index contributed by atoms with van der Waals surface area (Å²) in [5.74, 6) is 2.58. The highest BCUT2D eigenvalue weighted by Crippen LogP contribution is 2.42. The van der Waals surface area contributed by atoms with Gasteiger partial charge in [0.25, 0.3) is 0 Å². The Hall–Kier alpha value is -12.0. The number of benzene rings is 6. The Labute approximate surface area is 683 Å². The van der Waals surface area contributed by atoms with Gasteiger partial charge in [-0.15, -0.1) is 0 Å². The predicted molar refractivity (Wildman–Crippen MR) is 455 cm³/mol. The van der Waals surface area contributed by atoms with Gasteiger partial charge in [-0.05, 0) is 111 Å². The van der Waals surface area contributed by atoms with Crippen LogP contribution in [0, 0.1) is 0 Å². The van der Waals surface area contributed by atoms with Crippen molar-refractivity contribution < 1.29 is 53.8 Å². The van der Waals surface area contributed by atoms with E-state index >= 15 is 0 Å². The highest BCUT2D eigenvalue weighted by atomic mass is 16.5. The highest BCUT2D eigenvalue weighted by Gasteiger charge is 2.40. The minimum Gasteiger partial charge on any atom is -0.508 e. The Balaban J connectivity index is 0.000000145. The summed E-state index contributed by atoms with van der Waals surface area (Å²) in [6, 6.07) is 35.1. The van der Waals surface area contributed by atoms with Crippen molar-refractivity contribution in [2.45, 2.75) is 96.9 Å². The van der Waals surface area contributed by atoms with Gasteiger partial charge in [0, 0.05) is 174 Å². The number of piperazine rings is 3. The third-order valence-electron chi connectivity index (χ3n) is 22.9. The van der Waals surface area contributed by atoms with Gasteiger partial charge in [0.15, 0.2) is 0 Å². The maximum absolute atomic E-state index is 13.1. The van der Waals surface area contributed by atoms with Gasteiger partial charge >= 0.3 is 18.0 Å². The Kier molecular flexibility index (Phi) is 26.0. The lowest BCUT2D eigenvalue weighted by atomic mass is 10.0. The number of carbonyl (C=O) groups excluding carboxylic acids is 4. The minimum absolute atomic E-state index is 0.0277. The van der Waals surface area contributed by atoms with Crippen LogP contribution in [-0.4, -0.2) is 256 Å². The van der Waals surface area contributed by atoms with Gasteiger partial charge in [-0.2, -0.15) is 29.9 Å². The zero-order valence-electron chi connectivity index (χ0n) is 67.6. The summed E-state index contributed by atoms with van der Waals surface area (Å²) in [5.41, 5.74) is 8.80. The average Bonchev–Trinajstić information content (AvgIpc) is 0.769. The van der Waals surface area contributed by atoms with Crippen molar-refractivity contribution in [2.24, 2.45) is 0 Å². The number of phenols is 3. The van der Waals surface area contributed by atoms with E-state index in [0.717, 1.165) is 153 Å². The molecular formula is C89H107N17O11. The van der Waals surface area contributed by atoms with Gasteiger partial charge in [-0.3, -0.25) is 24.1 Å². The Morgan fingerprint density at radius 3 is 1.33 bits per heavy atom. The Morgan fingerprint density at radius 2 is 0.880 bits per heavy atom. The molecular weight excluding hydrogens is 1480 g/mol. The summed E-state index contributed by atoms with van der Waals surface area (Å²) in [6.45, 7) is 28.7. The molecule has 4 saturated heterocycles. The largest absolute Gasteiger partial charge is 0.508 e. The van der Waals surface area contributed by atoms with Crippen molar-refractivity contribution in [3.8, 4) is 35.3 Å². The summed E-state index contributed by atoms with van der Waals surface area (Å²) in [4.78, 5) is 101. The first-order valence-electron chi connectivity index (χ1n) is 41.0. The fourth-order valence-electron chi connectivity index (χ4n) is 16.9. The number of nitrogens with zero attached hydrogens (tertiary/aromatic N) is 17. The molecule has 28 nitrogen and oxygen atoms in total. The molecule has 7 aliphatic rings. The molecule has 0 aliphatic carbocycles. The van der Waals surface area contributed by atoms with Crippen molar-refractivity contribution in [3.05, 3.63) is 181 Å². The van der Waals surface area contributed by atoms with Crippen LogP contribution in [0.25, 0.3) is 32.3 Å². The second-order valence-electron chi connectivity index (χ2n) is 30.8. The van der Waals surface area contributed by atoms with Crippen LogP contribution in [-0.2, 0) is 58.1 Å². The molecule has 16 rings (SSSR count). The normalized spacial score (nSPS) is 17.5. The summed E-state index contributed by atoms with van der Waals surface area (Å²) in [6.07, 6.45) is 11.6. The number of piperidine rings is 1. The Bertz CT molecular complexity index is 5130. The van der Waals surface area contributed by atoms with E-state index in [-0.39, 0.29) is 53.5 Å². The van der Waals surface area contributed by atoms with Crippen molar-refractivity contribution in [1.82, 2.24) is 54.4 Å². The molecule has 9 aromatic rings. The van der Waals surface area contributed by atoms with Gasteiger partial charge in [-0.25, -0.2) is 0 Å². The molecule has 0 bridgehead atoms. The molecule has 0 spiro atoms. The van der Waals surface area contributed by atoms with E-state index in [1.165, 1.54) is 42.4 Å². The van der Waals surface area contributed by atoms with Gasteiger partial charge in [0.05, 0.1) is 62.6 Å². The van der Waals surface area contributed by atoms with Crippen LogP contribution < -0.4 is 43.6 Å². The van der Waals surface area contributed by atoms with E-state index < -0.39 is 6.04 Å². The first kappa shape index (κ1) is 81.5. The SMILES string of the molecule is C=CC(=O)N1CCN(c2nc(OCCC)nc3c2CCN(c2cc(O)cc4ccccc24)C3)C(CO)C1.C=CC(=O)N1CCN(c2nc(OCCC)nc3c2CCN(c2cc(O)cc4ccccc24)C3)CC1C(=O)N(C)C.C=CC(=O)N1CCN(c2nc(OCCN3CCCCC3)nc3c2CCN(c2cc(O)cc4ccccc24)C3)CC1. The van der Waals surface area contributed by atoms with Crippen molar-refractivity contribution >= 4 is 90.5 Å². The molecule has 2 atom stereocenters. The standard InChI is InChI=1S/C31H38N6O3.C30H36N6O4.C28H33N5O4/c1-2-29(39)35-14-16-36(17-15-35)30-26-10-13-37(28-21-24(38)20-23-8-4-5-9-25(23)28)22-27(26)32-31(33-30)40-19-18-34-11-6-3-7-12-34;1-5-15-40-30-31-24-18-34(25-17-21(37)16-20-9-7-8-10-22(20)25)12-11-23(24)28(32-30)35-13-14-36(27(38)6-2)26(19-35)29(39)33(3)4;1-3-13-37-28-29-24-17-31(25-15-21(35)14-19-7-5-6-8-22(19)25)10-9-23(24)27(30-28)33-12-11-32(26(36)4-2)16-20(33)18-34/h2,4-5,8-9,20-21,38H,1,3,6-7,10-19,22H2;6-10,16-17,26,37H,2,5,11-15,18-19H2,1,3-4H3;4-8,14-15,20,34-35H,2-3,9-13,16-18H2,1H3. The number of aromatic hydroxyl groups is 3. The first-order valence-corrected chi connectivity index (χ1v) is 41.0. The van der Waals surface area contributed by atoms with Crippen molar-refractivity contribution in [3.63, 3.8) is 0 Å². The smallest absolute Gasteiger partial charge is 0.318 e. The van der Waals surface area contributed by atoms with E-state index in [1.807, 2.05) is 91.5 Å². The molecule has 3 aromatic heterocycles. The van der Waals surface area contributed by atoms with Crippen LogP contribution in [0.5, 0.6) is 35.3 Å². The molecule has 117 heavy (non-hydrogen) atoms. The number of likely N-dealkylation sites (N-methyl/N-ethyl adjacent to an activating group) is 1. The number of rotatable bonds is 21. The Morgan fingerprint density at radius 1 is 0.462 bits per heavy atom. The third kappa shape index (κ3) is 18.5. The number of carbonyl (C=O) groups is 4. The van der Waals surface area contributed by atoms with E-state index in [4.69, 9.17) is 44.1 Å². The molecule has 7 aliphatic heterocycles. The third-order valence-corrected chi connectivity index (χ3v) is 22.9. The fourth-order valence-corrected chi connectivity index (χ4v) is 16.9. The molecule has 4 N–H and O–H groups in total. The molecule has 6 aromatic carbocycles. The number of ether oxygens (including phenoxy) is 3. The van der Waals surface area contributed by atoms with Crippen LogP contribution in [0.1, 0.15) is 79.7 Å². The van der Waals surface area contributed by atoms with E-state index in [2.05, 4.69) is 72.2 Å². The maximum Gasteiger partial charge on any atom is 0.318 e. The average molecular weight is 1590 g/mol. The predicted octanol–water partition coefficient (Wildman–Crippen LogP) is 9.46. The van der Waals surface area contributed by atoms with E-state index in [1.54, 1.807) is 42.1 Å². The monoisotopic (exact) mass is 1590 g/mol. The van der Waals surface area contributed by atoms with Crippen LogP contribution in [0.15, 0.2) is 147 Å². The lowest BCUT2D eigenvalue weighted by molar-refractivity contribution is -0.142. The van der Waals surface area contributed by atoms with Gasteiger partial charge in [0.1, 0.15) is 47.4 Å².